The summed E-state index contributed by atoms with van der Waals surface area (Å²) in [7, 11) is 0. The SMILES string of the molecule is CCC(CC1CC1)n1c(-c2ccccc2)c[nH]c1=S. The van der Waals surface area contributed by atoms with Gasteiger partial charge in [-0.3, -0.25) is 0 Å². The van der Waals surface area contributed by atoms with Gasteiger partial charge < -0.3 is 9.55 Å². The van der Waals surface area contributed by atoms with Crippen molar-refractivity contribution in [1.82, 2.24) is 9.55 Å². The topological polar surface area (TPSA) is 20.7 Å². The van der Waals surface area contributed by atoms with Gasteiger partial charge in [0.25, 0.3) is 0 Å². The van der Waals surface area contributed by atoms with Crippen LogP contribution in [0.25, 0.3) is 11.3 Å². The third-order valence-electron chi connectivity index (χ3n) is 4.02. The molecule has 1 unspecified atom stereocenters. The second-order valence-electron chi connectivity index (χ2n) is 5.46. The van der Waals surface area contributed by atoms with Crippen molar-refractivity contribution in [2.75, 3.05) is 0 Å². The first-order valence-electron chi connectivity index (χ1n) is 7.15. The van der Waals surface area contributed by atoms with E-state index in [0.717, 1.165) is 17.1 Å². The third kappa shape index (κ3) is 2.66. The summed E-state index contributed by atoms with van der Waals surface area (Å²) in [5.74, 6) is 0.922. The molecule has 1 aromatic heterocycles. The number of benzene rings is 1. The number of hydrogen-bond acceptors (Lipinski definition) is 1. The molecule has 0 amide bonds. The summed E-state index contributed by atoms with van der Waals surface area (Å²) < 4.78 is 3.18. The maximum atomic E-state index is 5.50. The monoisotopic (exact) mass is 272 g/mol. The number of imidazole rings is 1. The Hall–Kier alpha value is -1.35. The molecule has 1 saturated carbocycles. The van der Waals surface area contributed by atoms with E-state index in [2.05, 4.69) is 46.8 Å². The molecule has 1 atom stereocenters. The molecule has 1 N–H and O–H groups in total. The molecule has 1 aliphatic carbocycles. The molecule has 2 aromatic rings. The summed E-state index contributed by atoms with van der Waals surface area (Å²) in [4.78, 5) is 3.22. The predicted molar refractivity (Wildman–Crippen MR) is 81.7 cm³/mol. The van der Waals surface area contributed by atoms with Crippen molar-refractivity contribution in [3.63, 3.8) is 0 Å². The number of hydrogen-bond donors (Lipinski definition) is 1. The van der Waals surface area contributed by atoms with Crippen LogP contribution in [0.5, 0.6) is 0 Å². The number of nitrogens with zero attached hydrogens (tertiary/aromatic N) is 1. The Morgan fingerprint density at radius 3 is 2.68 bits per heavy atom. The highest BCUT2D eigenvalue weighted by molar-refractivity contribution is 7.71. The van der Waals surface area contributed by atoms with Crippen LogP contribution in [0.15, 0.2) is 36.5 Å². The van der Waals surface area contributed by atoms with Crippen LogP contribution in [0.1, 0.15) is 38.6 Å². The highest BCUT2D eigenvalue weighted by atomic mass is 32.1. The minimum Gasteiger partial charge on any atom is -0.337 e. The highest BCUT2D eigenvalue weighted by Gasteiger charge is 2.26. The van der Waals surface area contributed by atoms with Gasteiger partial charge in [0.15, 0.2) is 4.77 Å². The molecule has 1 heterocycles. The van der Waals surface area contributed by atoms with Gasteiger partial charge in [-0.15, -0.1) is 0 Å². The zero-order valence-electron chi connectivity index (χ0n) is 11.3. The standard InChI is InChI=1S/C16H20N2S/c1-2-14(10-12-8-9-12)18-15(11-17-16(18)19)13-6-4-3-5-7-13/h3-7,11-12,14H,2,8-10H2,1H3,(H,17,19). The van der Waals surface area contributed by atoms with Crippen molar-refractivity contribution in [1.29, 1.82) is 0 Å². The fourth-order valence-electron chi connectivity index (χ4n) is 2.77. The van der Waals surface area contributed by atoms with Crippen LogP contribution in [0.4, 0.5) is 0 Å². The van der Waals surface area contributed by atoms with Gasteiger partial charge >= 0.3 is 0 Å². The Labute approximate surface area is 119 Å². The van der Waals surface area contributed by atoms with Crippen molar-refractivity contribution >= 4 is 12.2 Å². The maximum absolute atomic E-state index is 5.50. The lowest BCUT2D eigenvalue weighted by molar-refractivity contribution is 0.428. The first kappa shape index (κ1) is 12.7. The number of rotatable bonds is 5. The van der Waals surface area contributed by atoms with Crippen LogP contribution in [0.2, 0.25) is 0 Å². The van der Waals surface area contributed by atoms with E-state index in [1.165, 1.54) is 30.5 Å². The maximum Gasteiger partial charge on any atom is 0.177 e. The van der Waals surface area contributed by atoms with E-state index in [0.29, 0.717) is 6.04 Å². The minimum absolute atomic E-state index is 0.529. The van der Waals surface area contributed by atoms with Crippen LogP contribution in [-0.2, 0) is 0 Å². The Morgan fingerprint density at radius 2 is 2.05 bits per heavy atom. The van der Waals surface area contributed by atoms with Crippen molar-refractivity contribution < 1.29 is 0 Å². The fourth-order valence-corrected chi connectivity index (χ4v) is 3.07. The van der Waals surface area contributed by atoms with Crippen molar-refractivity contribution in [3.05, 3.63) is 41.3 Å². The van der Waals surface area contributed by atoms with Gasteiger partial charge in [0.2, 0.25) is 0 Å². The average molecular weight is 272 g/mol. The van der Waals surface area contributed by atoms with Crippen LogP contribution >= 0.6 is 12.2 Å². The van der Waals surface area contributed by atoms with E-state index in [4.69, 9.17) is 12.2 Å². The summed E-state index contributed by atoms with van der Waals surface area (Å²) in [6, 6.07) is 11.0. The van der Waals surface area contributed by atoms with Gasteiger partial charge in [-0.25, -0.2) is 0 Å². The first-order valence-corrected chi connectivity index (χ1v) is 7.55. The van der Waals surface area contributed by atoms with E-state index in [9.17, 15) is 0 Å². The lowest BCUT2D eigenvalue weighted by Crippen LogP contribution is -2.10. The molecule has 1 fully saturated rings. The zero-order chi connectivity index (χ0) is 13.2. The Kier molecular flexibility index (Phi) is 3.56. The highest BCUT2D eigenvalue weighted by Crippen LogP contribution is 2.39. The lowest BCUT2D eigenvalue weighted by atomic mass is 10.1. The molecule has 2 nitrogen and oxygen atoms in total. The van der Waals surface area contributed by atoms with Crippen molar-refractivity contribution in [3.8, 4) is 11.3 Å². The second-order valence-corrected chi connectivity index (χ2v) is 5.84. The molecule has 0 radical (unpaired) electrons. The summed E-state index contributed by atoms with van der Waals surface area (Å²) in [6.07, 6.45) is 7.25. The van der Waals surface area contributed by atoms with Gasteiger partial charge in [-0.05, 0) is 36.5 Å². The van der Waals surface area contributed by atoms with Crippen LogP contribution in [0, 0.1) is 10.7 Å². The summed E-state index contributed by atoms with van der Waals surface area (Å²) >= 11 is 5.50. The largest absolute Gasteiger partial charge is 0.337 e. The fraction of sp³-hybridized carbons (Fsp3) is 0.438. The number of aromatic nitrogens is 2. The number of H-pyrrole nitrogens is 1. The molecule has 1 aliphatic rings. The Balaban J connectivity index is 1.99. The minimum atomic E-state index is 0.529. The molecular formula is C16H20N2S. The third-order valence-corrected chi connectivity index (χ3v) is 4.33. The van der Waals surface area contributed by atoms with Crippen molar-refractivity contribution in [2.45, 2.75) is 38.6 Å². The van der Waals surface area contributed by atoms with E-state index < -0.39 is 0 Å². The molecule has 0 spiro atoms. The Morgan fingerprint density at radius 1 is 1.32 bits per heavy atom. The van der Waals surface area contributed by atoms with Crippen molar-refractivity contribution in [2.24, 2.45) is 5.92 Å². The number of nitrogens with one attached hydrogen (secondary N) is 1. The van der Waals surface area contributed by atoms with E-state index >= 15 is 0 Å². The predicted octanol–water partition coefficient (Wildman–Crippen LogP) is 4.96. The molecule has 19 heavy (non-hydrogen) atoms. The summed E-state index contributed by atoms with van der Waals surface area (Å²) in [6.45, 7) is 2.26. The molecule has 3 rings (SSSR count). The van der Waals surface area contributed by atoms with Crippen LogP contribution < -0.4 is 0 Å². The van der Waals surface area contributed by atoms with Crippen LogP contribution in [-0.4, -0.2) is 9.55 Å². The van der Waals surface area contributed by atoms with Gasteiger partial charge in [-0.1, -0.05) is 50.1 Å². The normalized spacial score (nSPS) is 16.5. The van der Waals surface area contributed by atoms with E-state index in [1.54, 1.807) is 0 Å². The molecular weight excluding hydrogens is 252 g/mol. The Bertz CT molecular complexity index is 593. The van der Waals surface area contributed by atoms with Gasteiger partial charge in [0.05, 0.1) is 5.69 Å². The quantitative estimate of drug-likeness (QED) is 0.763. The molecule has 0 aliphatic heterocycles. The molecule has 3 heteroatoms. The average Bonchev–Trinajstić information content (AvgIpc) is 3.19. The van der Waals surface area contributed by atoms with Gasteiger partial charge in [-0.2, -0.15) is 0 Å². The van der Waals surface area contributed by atoms with E-state index in [1.807, 2.05) is 6.20 Å². The number of aromatic amines is 1. The lowest BCUT2D eigenvalue weighted by Gasteiger charge is -2.19. The summed E-state index contributed by atoms with van der Waals surface area (Å²) in [5.41, 5.74) is 2.46. The van der Waals surface area contributed by atoms with Crippen LogP contribution in [0.3, 0.4) is 0 Å². The molecule has 0 saturated heterocycles. The summed E-state index contributed by atoms with van der Waals surface area (Å²) in [5, 5.41) is 0. The zero-order valence-corrected chi connectivity index (χ0v) is 12.1. The molecule has 1 aromatic carbocycles. The first-order chi connectivity index (χ1) is 9.29. The second kappa shape index (κ2) is 5.33. The molecule has 100 valence electrons. The smallest absolute Gasteiger partial charge is 0.177 e. The van der Waals surface area contributed by atoms with Gasteiger partial charge in [0, 0.05) is 12.2 Å². The van der Waals surface area contributed by atoms with Gasteiger partial charge in [0.1, 0.15) is 0 Å². The van der Waals surface area contributed by atoms with E-state index in [-0.39, 0.29) is 0 Å². The molecule has 0 bridgehead atoms.